The Bertz CT molecular complexity index is 830. The molecule has 0 bridgehead atoms. The van der Waals surface area contributed by atoms with Crippen molar-refractivity contribution in [2.75, 3.05) is 39.3 Å². The van der Waals surface area contributed by atoms with Crippen LogP contribution in [0.2, 0.25) is 0 Å². The van der Waals surface area contributed by atoms with Crippen LogP contribution in [0.5, 0.6) is 0 Å². The van der Waals surface area contributed by atoms with E-state index in [1.54, 1.807) is 0 Å². The van der Waals surface area contributed by atoms with Crippen LogP contribution in [0.3, 0.4) is 0 Å². The minimum absolute atomic E-state index is 0.0846. The first-order valence-electron chi connectivity index (χ1n) is 12.8. The van der Waals surface area contributed by atoms with Crippen molar-refractivity contribution in [1.82, 2.24) is 20.4 Å². The fourth-order valence-corrected chi connectivity index (χ4v) is 5.01. The number of nitrogens with zero attached hydrogens (tertiary/aromatic N) is 2. The van der Waals surface area contributed by atoms with Crippen LogP contribution in [0.15, 0.2) is 60.7 Å². The molecular weight excluding hydrogens is 424 g/mol. The van der Waals surface area contributed by atoms with E-state index in [0.717, 1.165) is 65.0 Å². The van der Waals surface area contributed by atoms with E-state index in [-0.39, 0.29) is 23.9 Å². The summed E-state index contributed by atoms with van der Waals surface area (Å²) in [5.41, 5.74) is 2.35. The van der Waals surface area contributed by atoms with Gasteiger partial charge in [-0.1, -0.05) is 60.7 Å². The van der Waals surface area contributed by atoms with Crippen LogP contribution in [0.1, 0.15) is 61.7 Å². The zero-order valence-electron chi connectivity index (χ0n) is 20.1. The highest BCUT2D eigenvalue weighted by molar-refractivity contribution is 5.77. The molecule has 34 heavy (non-hydrogen) atoms. The van der Waals surface area contributed by atoms with Crippen LogP contribution in [-0.4, -0.2) is 60.9 Å². The summed E-state index contributed by atoms with van der Waals surface area (Å²) < 4.78 is 0. The van der Waals surface area contributed by atoms with Gasteiger partial charge in [-0.05, 0) is 49.9 Å². The summed E-state index contributed by atoms with van der Waals surface area (Å²) in [7, 11) is 0. The van der Waals surface area contributed by atoms with Gasteiger partial charge in [0, 0.05) is 51.1 Å². The molecule has 2 aliphatic rings. The van der Waals surface area contributed by atoms with Gasteiger partial charge in [0.15, 0.2) is 0 Å². The molecule has 2 aliphatic heterocycles. The van der Waals surface area contributed by atoms with Crippen molar-refractivity contribution in [1.29, 1.82) is 0 Å². The lowest BCUT2D eigenvalue weighted by Gasteiger charge is -2.31. The topological polar surface area (TPSA) is 64.7 Å². The highest BCUT2D eigenvalue weighted by Crippen LogP contribution is 2.21. The first-order chi connectivity index (χ1) is 16.7. The number of carbonyl (C=O) groups is 2. The Morgan fingerprint density at radius 3 is 1.47 bits per heavy atom. The molecule has 0 aliphatic carbocycles. The monoisotopic (exact) mass is 462 g/mol. The third-order valence-corrected chi connectivity index (χ3v) is 6.96. The molecule has 0 aromatic heterocycles. The molecule has 2 atom stereocenters. The second kappa shape index (κ2) is 12.7. The molecule has 2 aromatic carbocycles. The van der Waals surface area contributed by atoms with Crippen molar-refractivity contribution >= 4 is 11.8 Å². The maximum Gasteiger partial charge on any atom is 0.224 e. The smallest absolute Gasteiger partial charge is 0.224 e. The molecule has 2 aromatic rings. The third kappa shape index (κ3) is 6.90. The number of amides is 2. The van der Waals surface area contributed by atoms with Gasteiger partial charge < -0.3 is 20.4 Å². The van der Waals surface area contributed by atoms with Gasteiger partial charge in [-0.2, -0.15) is 0 Å². The van der Waals surface area contributed by atoms with E-state index >= 15 is 0 Å². The summed E-state index contributed by atoms with van der Waals surface area (Å²) >= 11 is 0. The molecule has 0 spiro atoms. The van der Waals surface area contributed by atoms with Crippen LogP contribution in [0.4, 0.5) is 0 Å². The minimum Gasteiger partial charge on any atom is -0.343 e. The SMILES string of the molecule is O=C1C[C@H](c2ccccc2)NCCCN1CCCCN1CCCN[C@@H](c2ccccc2)CC1=O. The fourth-order valence-electron chi connectivity index (χ4n) is 5.01. The van der Waals surface area contributed by atoms with Crippen LogP contribution in [0, 0.1) is 0 Å². The lowest BCUT2D eigenvalue weighted by Crippen LogP contribution is -2.41. The van der Waals surface area contributed by atoms with Crippen molar-refractivity contribution in [2.24, 2.45) is 0 Å². The average molecular weight is 463 g/mol. The molecule has 182 valence electrons. The van der Waals surface area contributed by atoms with Crippen LogP contribution in [0.25, 0.3) is 0 Å². The van der Waals surface area contributed by atoms with Crippen LogP contribution < -0.4 is 10.6 Å². The fraction of sp³-hybridized carbons (Fsp3) is 0.500. The van der Waals surface area contributed by atoms with Gasteiger partial charge in [0.1, 0.15) is 0 Å². The summed E-state index contributed by atoms with van der Waals surface area (Å²) in [6, 6.07) is 20.7. The van der Waals surface area contributed by atoms with Gasteiger partial charge in [0.05, 0.1) is 0 Å². The molecule has 6 heteroatoms. The molecule has 6 nitrogen and oxygen atoms in total. The van der Waals surface area contributed by atoms with Gasteiger partial charge in [-0.3, -0.25) is 9.59 Å². The molecule has 0 unspecified atom stereocenters. The van der Waals surface area contributed by atoms with E-state index in [4.69, 9.17) is 0 Å². The predicted octanol–water partition coefficient (Wildman–Crippen LogP) is 3.67. The Hall–Kier alpha value is -2.70. The standard InChI is InChI=1S/C28H38N4O2/c33-27-21-25(23-11-3-1-4-12-23)29-15-9-19-31(27)17-7-8-18-32-20-10-16-30-26(22-28(32)34)24-13-5-2-6-14-24/h1-6,11-14,25-26,29-30H,7-10,15-22H2/t25-,26-/m1/s1. The van der Waals surface area contributed by atoms with Gasteiger partial charge >= 0.3 is 0 Å². The van der Waals surface area contributed by atoms with E-state index in [9.17, 15) is 9.59 Å². The second-order valence-electron chi connectivity index (χ2n) is 9.42. The molecule has 4 rings (SSSR count). The Morgan fingerprint density at radius 2 is 1.06 bits per heavy atom. The number of hydrogen-bond acceptors (Lipinski definition) is 4. The third-order valence-electron chi connectivity index (χ3n) is 6.96. The minimum atomic E-state index is 0.0846. The number of hydrogen-bond donors (Lipinski definition) is 2. The van der Waals surface area contributed by atoms with E-state index in [0.29, 0.717) is 12.8 Å². The normalized spacial score (nSPS) is 22.6. The predicted molar refractivity (Wildman–Crippen MR) is 135 cm³/mol. The van der Waals surface area contributed by atoms with Crippen LogP contribution in [-0.2, 0) is 9.59 Å². The van der Waals surface area contributed by atoms with E-state index < -0.39 is 0 Å². The summed E-state index contributed by atoms with van der Waals surface area (Å²) in [4.78, 5) is 30.0. The molecule has 2 fully saturated rings. The van der Waals surface area contributed by atoms with E-state index in [1.165, 1.54) is 11.1 Å². The van der Waals surface area contributed by atoms with E-state index in [2.05, 4.69) is 34.9 Å². The van der Waals surface area contributed by atoms with Crippen molar-refractivity contribution in [3.8, 4) is 0 Å². The zero-order valence-corrected chi connectivity index (χ0v) is 20.1. The molecule has 0 saturated carbocycles. The second-order valence-corrected chi connectivity index (χ2v) is 9.42. The van der Waals surface area contributed by atoms with Crippen molar-refractivity contribution in [3.05, 3.63) is 71.8 Å². The number of rotatable bonds is 7. The van der Waals surface area contributed by atoms with Gasteiger partial charge in [0.25, 0.3) is 0 Å². The number of unbranched alkanes of at least 4 members (excludes halogenated alkanes) is 1. The summed E-state index contributed by atoms with van der Waals surface area (Å²) in [5, 5.41) is 7.07. The first kappa shape index (κ1) is 24.4. The molecular formula is C28H38N4O2. The Morgan fingerprint density at radius 1 is 0.647 bits per heavy atom. The molecule has 2 N–H and O–H groups in total. The van der Waals surface area contributed by atoms with Crippen molar-refractivity contribution < 1.29 is 9.59 Å². The van der Waals surface area contributed by atoms with Gasteiger partial charge in [0.2, 0.25) is 11.8 Å². The molecule has 2 saturated heterocycles. The highest BCUT2D eigenvalue weighted by atomic mass is 16.2. The number of carbonyl (C=O) groups excluding carboxylic acids is 2. The molecule has 2 amide bonds. The zero-order chi connectivity index (χ0) is 23.6. The summed E-state index contributed by atoms with van der Waals surface area (Å²) in [5.74, 6) is 0.445. The van der Waals surface area contributed by atoms with Gasteiger partial charge in [-0.25, -0.2) is 0 Å². The average Bonchev–Trinajstić information content (AvgIpc) is 2.85. The van der Waals surface area contributed by atoms with Crippen LogP contribution >= 0.6 is 0 Å². The highest BCUT2D eigenvalue weighted by Gasteiger charge is 2.24. The van der Waals surface area contributed by atoms with Gasteiger partial charge in [-0.15, -0.1) is 0 Å². The summed E-state index contributed by atoms with van der Waals surface area (Å²) in [6.45, 7) is 5.00. The van der Waals surface area contributed by atoms with Crippen molar-refractivity contribution in [2.45, 2.75) is 50.6 Å². The lowest BCUT2D eigenvalue weighted by atomic mass is 10.0. The first-order valence-corrected chi connectivity index (χ1v) is 12.8. The molecule has 2 heterocycles. The quantitative estimate of drug-likeness (QED) is 0.617. The summed E-state index contributed by atoms with van der Waals surface area (Å²) in [6.07, 6.45) is 4.80. The number of nitrogens with one attached hydrogen (secondary N) is 2. The Labute approximate surface area is 203 Å². The van der Waals surface area contributed by atoms with E-state index in [1.807, 2.05) is 46.2 Å². The Balaban J connectivity index is 1.24. The maximum absolute atomic E-state index is 13.0. The largest absolute Gasteiger partial charge is 0.343 e. The lowest BCUT2D eigenvalue weighted by molar-refractivity contribution is -0.134. The maximum atomic E-state index is 13.0. The van der Waals surface area contributed by atoms with Crippen molar-refractivity contribution in [3.63, 3.8) is 0 Å². The molecule has 0 radical (unpaired) electrons. The number of benzene rings is 2. The Kier molecular flexibility index (Phi) is 9.11.